The van der Waals surface area contributed by atoms with Crippen molar-refractivity contribution in [1.29, 1.82) is 5.26 Å². The van der Waals surface area contributed by atoms with E-state index < -0.39 is 0 Å². The van der Waals surface area contributed by atoms with Crippen molar-refractivity contribution in [3.05, 3.63) is 23.7 Å². The molecule has 0 aromatic carbocycles. The van der Waals surface area contributed by atoms with Crippen molar-refractivity contribution < 1.29 is 4.42 Å². The third-order valence-corrected chi connectivity index (χ3v) is 3.67. The van der Waals surface area contributed by atoms with E-state index in [1.54, 1.807) is 6.07 Å². The van der Waals surface area contributed by atoms with Gasteiger partial charge in [-0.1, -0.05) is 26.2 Å². The van der Waals surface area contributed by atoms with Crippen molar-refractivity contribution >= 4 is 0 Å². The summed E-state index contributed by atoms with van der Waals surface area (Å²) in [6.07, 6.45) is 6.62. The Bertz CT molecular complexity index is 391. The van der Waals surface area contributed by atoms with Gasteiger partial charge in [-0.2, -0.15) is 5.26 Å². The molecule has 0 radical (unpaired) electrons. The van der Waals surface area contributed by atoms with Gasteiger partial charge in [0.15, 0.2) is 0 Å². The fraction of sp³-hybridized carbons (Fsp3) is 0.643. The van der Waals surface area contributed by atoms with Gasteiger partial charge >= 0.3 is 0 Å². The highest BCUT2D eigenvalue weighted by Gasteiger charge is 2.19. The predicted molar refractivity (Wildman–Crippen MR) is 66.3 cm³/mol. The quantitative estimate of drug-likeness (QED) is 0.814. The van der Waals surface area contributed by atoms with Gasteiger partial charge in [-0.25, -0.2) is 0 Å². The SMILES string of the molecule is CC1CCCCCC1NCc1ccc(C#N)o1. The van der Waals surface area contributed by atoms with Gasteiger partial charge in [-0.3, -0.25) is 0 Å². The average Bonchev–Trinajstić information content (AvgIpc) is 2.70. The fourth-order valence-corrected chi connectivity index (χ4v) is 2.56. The van der Waals surface area contributed by atoms with Crippen molar-refractivity contribution in [2.24, 2.45) is 5.92 Å². The Morgan fingerprint density at radius 3 is 2.94 bits per heavy atom. The summed E-state index contributed by atoms with van der Waals surface area (Å²) < 4.78 is 5.37. The molecule has 1 saturated carbocycles. The fourth-order valence-electron chi connectivity index (χ4n) is 2.56. The number of furan rings is 1. The molecule has 1 aliphatic rings. The minimum atomic E-state index is 0.399. The number of nitriles is 1. The molecule has 1 fully saturated rings. The molecule has 0 aliphatic heterocycles. The molecule has 3 nitrogen and oxygen atoms in total. The van der Waals surface area contributed by atoms with Gasteiger partial charge < -0.3 is 9.73 Å². The molecule has 3 heteroatoms. The van der Waals surface area contributed by atoms with E-state index in [1.165, 1.54) is 32.1 Å². The molecule has 92 valence electrons. The van der Waals surface area contributed by atoms with Crippen LogP contribution in [0.1, 0.15) is 50.5 Å². The Kier molecular flexibility index (Phi) is 4.22. The first-order valence-corrected chi connectivity index (χ1v) is 6.52. The highest BCUT2D eigenvalue weighted by Crippen LogP contribution is 2.23. The molecule has 2 unspecified atom stereocenters. The third-order valence-electron chi connectivity index (χ3n) is 3.67. The molecule has 1 aromatic rings. The van der Waals surface area contributed by atoms with E-state index in [1.807, 2.05) is 12.1 Å². The Morgan fingerprint density at radius 2 is 2.18 bits per heavy atom. The maximum atomic E-state index is 8.68. The lowest BCUT2D eigenvalue weighted by atomic mass is 9.97. The molecular weight excluding hydrogens is 212 g/mol. The summed E-state index contributed by atoms with van der Waals surface area (Å²) in [6, 6.07) is 6.21. The van der Waals surface area contributed by atoms with E-state index in [0.717, 1.165) is 18.2 Å². The monoisotopic (exact) mass is 232 g/mol. The minimum absolute atomic E-state index is 0.399. The lowest BCUT2D eigenvalue weighted by Crippen LogP contribution is -2.33. The Morgan fingerprint density at radius 1 is 1.35 bits per heavy atom. The third kappa shape index (κ3) is 3.34. The number of nitrogens with zero attached hydrogens (tertiary/aromatic N) is 1. The normalized spacial score (nSPS) is 25.2. The zero-order chi connectivity index (χ0) is 12.1. The first kappa shape index (κ1) is 12.2. The maximum Gasteiger partial charge on any atom is 0.203 e. The number of nitrogens with one attached hydrogen (secondary N) is 1. The second-order valence-corrected chi connectivity index (χ2v) is 4.98. The van der Waals surface area contributed by atoms with E-state index in [2.05, 4.69) is 12.2 Å². The first-order chi connectivity index (χ1) is 8.29. The van der Waals surface area contributed by atoms with Gasteiger partial charge in [0, 0.05) is 6.04 Å². The molecule has 2 rings (SSSR count). The van der Waals surface area contributed by atoms with Gasteiger partial charge in [0.05, 0.1) is 6.54 Å². The van der Waals surface area contributed by atoms with Crippen LogP contribution in [0.15, 0.2) is 16.5 Å². The molecule has 0 saturated heterocycles. The van der Waals surface area contributed by atoms with Crippen molar-refractivity contribution in [3.63, 3.8) is 0 Å². The summed E-state index contributed by atoms with van der Waals surface area (Å²) in [4.78, 5) is 0. The van der Waals surface area contributed by atoms with Crippen molar-refractivity contribution in [3.8, 4) is 6.07 Å². The van der Waals surface area contributed by atoms with Crippen molar-refractivity contribution in [2.75, 3.05) is 0 Å². The summed E-state index contributed by atoms with van der Waals surface area (Å²) in [5.74, 6) is 2.00. The van der Waals surface area contributed by atoms with E-state index in [-0.39, 0.29) is 0 Å². The number of rotatable bonds is 3. The van der Waals surface area contributed by atoms with E-state index >= 15 is 0 Å². The second-order valence-electron chi connectivity index (χ2n) is 4.98. The van der Waals surface area contributed by atoms with Crippen LogP contribution in [0.25, 0.3) is 0 Å². The predicted octanol–water partition coefficient (Wildman–Crippen LogP) is 3.21. The summed E-state index contributed by atoms with van der Waals surface area (Å²) in [5.41, 5.74) is 0. The number of hydrogen-bond donors (Lipinski definition) is 1. The van der Waals surface area contributed by atoms with Crippen molar-refractivity contribution in [2.45, 2.75) is 51.6 Å². The summed E-state index contributed by atoms with van der Waals surface area (Å²) in [6.45, 7) is 3.06. The lowest BCUT2D eigenvalue weighted by Gasteiger charge is -2.22. The van der Waals surface area contributed by atoms with Crippen LogP contribution >= 0.6 is 0 Å². The molecule has 1 aromatic heterocycles. The number of hydrogen-bond acceptors (Lipinski definition) is 3. The van der Waals surface area contributed by atoms with Gasteiger partial charge in [-0.15, -0.1) is 0 Å². The average molecular weight is 232 g/mol. The van der Waals surface area contributed by atoms with Crippen molar-refractivity contribution in [1.82, 2.24) is 5.32 Å². The largest absolute Gasteiger partial charge is 0.449 e. The Hall–Kier alpha value is -1.27. The van der Waals surface area contributed by atoms with E-state index in [9.17, 15) is 0 Å². The zero-order valence-electron chi connectivity index (χ0n) is 10.4. The molecule has 1 heterocycles. The smallest absolute Gasteiger partial charge is 0.203 e. The van der Waals surface area contributed by atoms with Crippen LogP contribution in [0.5, 0.6) is 0 Å². The van der Waals surface area contributed by atoms with Crippen LogP contribution in [0.3, 0.4) is 0 Å². The Labute approximate surface area is 103 Å². The summed E-state index contributed by atoms with van der Waals surface area (Å²) in [7, 11) is 0. The standard InChI is InChI=1S/C14H20N2O/c1-11-5-3-2-4-6-14(11)16-10-13-8-7-12(9-15)17-13/h7-8,11,14,16H,2-6,10H2,1H3. The topological polar surface area (TPSA) is 49.0 Å². The van der Waals surface area contributed by atoms with Gasteiger partial charge in [-0.05, 0) is 30.9 Å². The van der Waals surface area contributed by atoms with Gasteiger partial charge in [0.25, 0.3) is 0 Å². The van der Waals surface area contributed by atoms with Crippen LogP contribution in [-0.2, 0) is 6.54 Å². The molecule has 0 spiro atoms. The van der Waals surface area contributed by atoms with Crippen LogP contribution in [-0.4, -0.2) is 6.04 Å². The highest BCUT2D eigenvalue weighted by atomic mass is 16.3. The zero-order valence-corrected chi connectivity index (χ0v) is 10.4. The molecule has 1 N–H and O–H groups in total. The minimum Gasteiger partial charge on any atom is -0.449 e. The Balaban J connectivity index is 1.86. The van der Waals surface area contributed by atoms with Gasteiger partial charge in [0.1, 0.15) is 11.8 Å². The van der Waals surface area contributed by atoms with Gasteiger partial charge in [0.2, 0.25) is 5.76 Å². The molecule has 1 aliphatic carbocycles. The molecule has 17 heavy (non-hydrogen) atoms. The summed E-state index contributed by atoms with van der Waals surface area (Å²) >= 11 is 0. The van der Waals surface area contributed by atoms with E-state index in [0.29, 0.717) is 11.8 Å². The van der Waals surface area contributed by atoms with Crippen LogP contribution in [0, 0.1) is 17.2 Å². The second kappa shape index (κ2) is 5.88. The van der Waals surface area contributed by atoms with E-state index in [4.69, 9.17) is 9.68 Å². The lowest BCUT2D eigenvalue weighted by molar-refractivity contribution is 0.340. The van der Waals surface area contributed by atoms with Crippen LogP contribution < -0.4 is 5.32 Å². The van der Waals surface area contributed by atoms with Crippen LogP contribution in [0.4, 0.5) is 0 Å². The first-order valence-electron chi connectivity index (χ1n) is 6.52. The maximum absolute atomic E-state index is 8.68. The molecule has 0 amide bonds. The highest BCUT2D eigenvalue weighted by molar-refractivity contribution is 5.18. The molecular formula is C14H20N2O. The molecule has 2 atom stereocenters. The van der Waals surface area contributed by atoms with Crippen LogP contribution in [0.2, 0.25) is 0 Å². The molecule has 0 bridgehead atoms. The summed E-state index contributed by atoms with van der Waals surface area (Å²) in [5, 5.41) is 12.2.